The molecule has 2 saturated heterocycles. The predicted octanol–water partition coefficient (Wildman–Crippen LogP) is 11.4. The quantitative estimate of drug-likeness (QED) is 0.0813. The highest BCUT2D eigenvalue weighted by atomic mass is 16.8. The van der Waals surface area contributed by atoms with Gasteiger partial charge in [0, 0.05) is 39.7 Å². The van der Waals surface area contributed by atoms with E-state index in [1.807, 2.05) is 62.4 Å². The van der Waals surface area contributed by atoms with Gasteiger partial charge in [-0.2, -0.15) is 5.26 Å². The van der Waals surface area contributed by atoms with E-state index in [0.29, 0.717) is 11.3 Å². The first-order valence-electron chi connectivity index (χ1n) is 21.8. The molecule has 310 valence electrons. The van der Waals surface area contributed by atoms with Crippen molar-refractivity contribution in [2.24, 2.45) is 0 Å². The molecule has 4 aliphatic rings. The number of fused-ring (bicyclic) bond motifs is 4. The largest absolute Gasteiger partial charge is 0.462 e. The predicted molar refractivity (Wildman–Crippen MR) is 258 cm³/mol. The minimum atomic E-state index is -0.201. The summed E-state index contributed by atoms with van der Waals surface area (Å²) in [5.74, 6) is 1.55. The molecular weight excluding hydrogens is 803 g/mol. The fourth-order valence-electron chi connectivity index (χ4n) is 9.43. The van der Waals surface area contributed by atoms with Gasteiger partial charge >= 0.3 is 0 Å². The second-order valence-corrected chi connectivity index (χ2v) is 16.9. The van der Waals surface area contributed by atoms with E-state index in [2.05, 4.69) is 142 Å². The summed E-state index contributed by atoms with van der Waals surface area (Å²) >= 11 is 0. The minimum absolute atomic E-state index is 0.0998. The molecule has 65 heavy (non-hydrogen) atoms. The molecule has 0 spiro atoms. The average Bonchev–Trinajstić information content (AvgIpc) is 4.27. The summed E-state index contributed by atoms with van der Waals surface area (Å²) in [7, 11) is 0. The topological polar surface area (TPSA) is 78.2 Å². The summed E-state index contributed by atoms with van der Waals surface area (Å²) in [6, 6.07) is 63.4. The lowest BCUT2D eigenvalue weighted by atomic mass is 9.33. The molecule has 0 aliphatic carbocycles. The van der Waals surface area contributed by atoms with Crippen LogP contribution in [0.25, 0.3) is 38.2 Å². The number of para-hydroxylation sites is 2. The number of rotatable bonds is 9. The summed E-state index contributed by atoms with van der Waals surface area (Å²) in [5, 5.41) is 10.1. The second kappa shape index (κ2) is 15.3. The number of ether oxygens (including phenoxy) is 4. The van der Waals surface area contributed by atoms with E-state index >= 15 is 0 Å². The van der Waals surface area contributed by atoms with Crippen molar-refractivity contribution in [3.63, 3.8) is 0 Å². The Morgan fingerprint density at radius 3 is 1.38 bits per heavy atom. The third-order valence-electron chi connectivity index (χ3n) is 12.8. The second-order valence-electron chi connectivity index (χ2n) is 16.9. The minimum Gasteiger partial charge on any atom is -0.462 e. The van der Waals surface area contributed by atoms with E-state index < -0.39 is 0 Å². The van der Waals surface area contributed by atoms with Crippen LogP contribution in [0.2, 0.25) is 0 Å². The molecule has 8 aromatic carbocycles. The van der Waals surface area contributed by atoms with Crippen LogP contribution in [0, 0.1) is 17.9 Å². The number of epoxide rings is 2. The summed E-state index contributed by atoms with van der Waals surface area (Å²) in [4.78, 5) is 8.54. The summed E-state index contributed by atoms with van der Waals surface area (Å²) in [6.07, 6.45) is -0.202. The lowest BCUT2D eigenvalue weighted by Gasteiger charge is -2.44. The van der Waals surface area contributed by atoms with Gasteiger partial charge in [-0.1, -0.05) is 84.9 Å². The van der Waals surface area contributed by atoms with Crippen LogP contribution in [0.5, 0.6) is 11.5 Å². The third kappa shape index (κ3) is 6.86. The molecular formula is C56H39BN4O4. The molecule has 8 nitrogen and oxygen atoms in total. The van der Waals surface area contributed by atoms with Crippen LogP contribution in [0.15, 0.2) is 176 Å². The van der Waals surface area contributed by atoms with Crippen molar-refractivity contribution >= 4 is 62.9 Å². The van der Waals surface area contributed by atoms with E-state index in [0.717, 1.165) is 79.0 Å². The first-order chi connectivity index (χ1) is 31.9. The Balaban J connectivity index is 1.09. The molecule has 0 radical (unpaired) electrons. The Hall–Kier alpha value is -8.08. The maximum absolute atomic E-state index is 10.1. The summed E-state index contributed by atoms with van der Waals surface area (Å²) in [6.45, 7) is 11.8. The molecule has 0 amide bonds. The molecule has 12 rings (SSSR count). The third-order valence-corrected chi connectivity index (χ3v) is 12.8. The van der Waals surface area contributed by atoms with Crippen molar-refractivity contribution < 1.29 is 18.9 Å². The number of nitrogens with zero attached hydrogens (tertiary/aromatic N) is 4. The van der Waals surface area contributed by atoms with Gasteiger partial charge in [-0.3, -0.25) is 0 Å². The number of hydrogen-bond acceptors (Lipinski definition) is 7. The van der Waals surface area contributed by atoms with Crippen LogP contribution < -0.4 is 35.7 Å². The SMILES string of the molecule is [C-]#[N+]c1cc(C#N)cc(-c2cc3c4c(c2)N(c2ccccc2)c2cc(-c5ccc(OC6OC6C)cc5)ccc2B4c2ccc(-c4ccc(OC5OC5C)cc4)cc2N3c2ccccc2)c1. The van der Waals surface area contributed by atoms with Gasteiger partial charge < -0.3 is 28.7 Å². The van der Waals surface area contributed by atoms with E-state index in [1.165, 1.54) is 16.4 Å². The van der Waals surface area contributed by atoms with Gasteiger partial charge in [0.25, 0.3) is 6.71 Å². The molecule has 8 aromatic rings. The molecule has 0 N–H and O–H groups in total. The first kappa shape index (κ1) is 38.6. The van der Waals surface area contributed by atoms with Crippen molar-refractivity contribution in [3.05, 3.63) is 193 Å². The molecule has 9 heteroatoms. The fraction of sp³-hybridized carbons (Fsp3) is 0.107. The molecule has 2 fully saturated rings. The molecule has 0 saturated carbocycles. The van der Waals surface area contributed by atoms with Crippen LogP contribution in [0.3, 0.4) is 0 Å². The Kier molecular flexibility index (Phi) is 9.10. The molecule has 0 bridgehead atoms. The Bertz CT molecular complexity index is 3050. The lowest BCUT2D eigenvalue weighted by Crippen LogP contribution is -2.61. The molecule has 4 aliphatic heterocycles. The number of nitriles is 1. The highest BCUT2D eigenvalue weighted by Gasteiger charge is 2.44. The van der Waals surface area contributed by atoms with Gasteiger partial charge in [0.1, 0.15) is 23.7 Å². The van der Waals surface area contributed by atoms with Gasteiger partial charge in [0.2, 0.25) is 12.6 Å². The monoisotopic (exact) mass is 842 g/mol. The zero-order chi connectivity index (χ0) is 43.8. The van der Waals surface area contributed by atoms with Gasteiger partial charge in [-0.25, -0.2) is 4.85 Å². The van der Waals surface area contributed by atoms with Crippen molar-refractivity contribution in [3.8, 4) is 50.9 Å². The van der Waals surface area contributed by atoms with Crippen molar-refractivity contribution in [1.29, 1.82) is 5.26 Å². The Labute approximate surface area is 378 Å². The molecule has 4 atom stereocenters. The maximum Gasteiger partial charge on any atom is 0.252 e. The number of benzene rings is 8. The summed E-state index contributed by atoms with van der Waals surface area (Å²) in [5.41, 5.74) is 16.6. The molecule has 0 aromatic heterocycles. The van der Waals surface area contributed by atoms with Crippen molar-refractivity contribution in [1.82, 2.24) is 0 Å². The smallest absolute Gasteiger partial charge is 0.252 e. The van der Waals surface area contributed by atoms with Crippen LogP contribution in [-0.2, 0) is 9.47 Å². The Morgan fingerprint density at radius 1 is 0.523 bits per heavy atom. The highest BCUT2D eigenvalue weighted by Crippen LogP contribution is 2.47. The van der Waals surface area contributed by atoms with Crippen LogP contribution in [-0.4, -0.2) is 31.5 Å². The molecule has 4 heterocycles. The highest BCUT2D eigenvalue weighted by molar-refractivity contribution is 7.00. The van der Waals surface area contributed by atoms with E-state index in [4.69, 9.17) is 25.5 Å². The average molecular weight is 843 g/mol. The van der Waals surface area contributed by atoms with E-state index in [-0.39, 0.29) is 31.5 Å². The fourth-order valence-corrected chi connectivity index (χ4v) is 9.43. The van der Waals surface area contributed by atoms with Gasteiger partial charge in [0.15, 0.2) is 5.69 Å². The number of hydrogen-bond donors (Lipinski definition) is 0. The van der Waals surface area contributed by atoms with Gasteiger partial charge in [-0.05, 0) is 155 Å². The van der Waals surface area contributed by atoms with Crippen LogP contribution >= 0.6 is 0 Å². The van der Waals surface area contributed by atoms with Crippen molar-refractivity contribution in [2.45, 2.75) is 38.6 Å². The standard InChI is InChI=1S/C56H39BN4O4/c1-34-55(62-34)64-46-20-14-37(15-21-46)39-18-24-48-50(29-39)60(44-10-6-4-7-11-44)52-31-42(41-26-36(33-58)27-43(28-41)59-3)32-53-54(52)57(48)49-25-19-40(30-51(49)61(53)45-12-8-5-9-13-45)38-16-22-47(23-17-38)65-56-35(2)63-56/h4-32,34-35,55-56H,1-2H3. The zero-order valence-electron chi connectivity index (χ0n) is 35.6. The maximum atomic E-state index is 10.1. The zero-order valence-corrected chi connectivity index (χ0v) is 35.6. The van der Waals surface area contributed by atoms with Gasteiger partial charge in [0.05, 0.1) is 12.6 Å². The van der Waals surface area contributed by atoms with Gasteiger partial charge in [-0.15, -0.1) is 0 Å². The number of anilines is 6. The van der Waals surface area contributed by atoms with Crippen LogP contribution in [0.4, 0.5) is 39.8 Å². The summed E-state index contributed by atoms with van der Waals surface area (Å²) < 4.78 is 23.1. The first-order valence-corrected chi connectivity index (χ1v) is 21.8. The van der Waals surface area contributed by atoms with Crippen molar-refractivity contribution in [2.75, 3.05) is 9.80 Å². The lowest BCUT2D eigenvalue weighted by molar-refractivity contribution is 0.178. The van der Waals surface area contributed by atoms with Crippen LogP contribution in [0.1, 0.15) is 19.4 Å². The normalized spacial score (nSPS) is 18.4. The van der Waals surface area contributed by atoms with E-state index in [1.54, 1.807) is 6.07 Å². The van der Waals surface area contributed by atoms with E-state index in [9.17, 15) is 5.26 Å². The Morgan fingerprint density at radius 2 is 0.954 bits per heavy atom. The molecule has 4 unspecified atom stereocenters.